The highest BCUT2D eigenvalue weighted by Crippen LogP contribution is 2.37. The van der Waals surface area contributed by atoms with Gasteiger partial charge in [0.05, 0.1) is 19.3 Å². The molecule has 2 aromatic carbocycles. The summed E-state index contributed by atoms with van der Waals surface area (Å²) in [5, 5.41) is 10.6. The molecular weight excluding hydrogens is 332 g/mol. The van der Waals surface area contributed by atoms with Crippen molar-refractivity contribution in [1.82, 2.24) is 0 Å². The van der Waals surface area contributed by atoms with Gasteiger partial charge in [-0.15, -0.1) is 0 Å². The highest BCUT2D eigenvalue weighted by Gasteiger charge is 2.47. The number of benzene rings is 2. The first-order valence-electron chi connectivity index (χ1n) is 9.03. The van der Waals surface area contributed by atoms with Gasteiger partial charge in [-0.2, -0.15) is 0 Å². The standard InChI is InChI=1S/C21H24O5/c1-14-18(22)21(23-12-15-8-4-2-5-9-15)25-17-13-24-20(26-19(14)17)16-10-6-3-7-11-16/h2-11,14,17-22H,12-13H2,1H3/t14-,17-,18+,19+,20?,21+/m1/s1. The Morgan fingerprint density at radius 2 is 1.69 bits per heavy atom. The van der Waals surface area contributed by atoms with Crippen LogP contribution < -0.4 is 0 Å². The predicted molar refractivity (Wildman–Crippen MR) is 95.1 cm³/mol. The van der Waals surface area contributed by atoms with Gasteiger partial charge in [-0.25, -0.2) is 0 Å². The minimum Gasteiger partial charge on any atom is -0.387 e. The quantitative estimate of drug-likeness (QED) is 0.913. The van der Waals surface area contributed by atoms with Crippen molar-refractivity contribution >= 4 is 0 Å². The van der Waals surface area contributed by atoms with E-state index < -0.39 is 18.7 Å². The largest absolute Gasteiger partial charge is 0.387 e. The van der Waals surface area contributed by atoms with Crippen molar-refractivity contribution in [3.8, 4) is 0 Å². The lowest BCUT2D eigenvalue weighted by atomic mass is 9.90. The average Bonchev–Trinajstić information content (AvgIpc) is 2.71. The molecule has 1 unspecified atom stereocenters. The first-order valence-corrected chi connectivity index (χ1v) is 9.03. The van der Waals surface area contributed by atoms with E-state index in [1.807, 2.05) is 67.6 Å². The molecule has 0 aromatic heterocycles. The molecule has 26 heavy (non-hydrogen) atoms. The summed E-state index contributed by atoms with van der Waals surface area (Å²) in [6, 6.07) is 19.7. The van der Waals surface area contributed by atoms with Crippen LogP contribution in [0, 0.1) is 5.92 Å². The second-order valence-corrected chi connectivity index (χ2v) is 6.87. The molecule has 0 radical (unpaired) electrons. The Labute approximate surface area is 153 Å². The molecule has 2 heterocycles. The maximum absolute atomic E-state index is 10.6. The fourth-order valence-electron chi connectivity index (χ4n) is 3.50. The zero-order valence-corrected chi connectivity index (χ0v) is 14.7. The van der Waals surface area contributed by atoms with Crippen LogP contribution in [-0.4, -0.2) is 36.3 Å². The number of aliphatic hydroxyl groups is 1. The zero-order valence-electron chi connectivity index (χ0n) is 14.7. The smallest absolute Gasteiger partial charge is 0.184 e. The first kappa shape index (κ1) is 17.6. The third-order valence-electron chi connectivity index (χ3n) is 5.03. The van der Waals surface area contributed by atoms with E-state index in [9.17, 15) is 5.11 Å². The lowest BCUT2D eigenvalue weighted by Crippen LogP contribution is -2.58. The number of rotatable bonds is 4. The van der Waals surface area contributed by atoms with E-state index in [1.54, 1.807) is 0 Å². The fraction of sp³-hybridized carbons (Fsp3) is 0.429. The summed E-state index contributed by atoms with van der Waals surface area (Å²) in [6.45, 7) is 2.77. The van der Waals surface area contributed by atoms with E-state index >= 15 is 0 Å². The van der Waals surface area contributed by atoms with E-state index in [1.165, 1.54) is 0 Å². The summed E-state index contributed by atoms with van der Waals surface area (Å²) in [6.07, 6.45) is -2.37. The highest BCUT2D eigenvalue weighted by molar-refractivity contribution is 5.16. The lowest BCUT2D eigenvalue weighted by molar-refractivity contribution is -0.353. The van der Waals surface area contributed by atoms with Gasteiger partial charge < -0.3 is 24.1 Å². The molecule has 138 valence electrons. The van der Waals surface area contributed by atoms with Crippen LogP contribution in [0.1, 0.15) is 24.3 Å². The second-order valence-electron chi connectivity index (χ2n) is 6.87. The number of hydrogen-bond donors (Lipinski definition) is 1. The van der Waals surface area contributed by atoms with Gasteiger partial charge in [0.25, 0.3) is 0 Å². The Morgan fingerprint density at radius 3 is 2.42 bits per heavy atom. The van der Waals surface area contributed by atoms with Crippen molar-refractivity contribution in [3.05, 3.63) is 71.8 Å². The Morgan fingerprint density at radius 1 is 1.00 bits per heavy atom. The molecule has 2 aliphatic heterocycles. The van der Waals surface area contributed by atoms with Gasteiger partial charge in [0.2, 0.25) is 0 Å². The van der Waals surface area contributed by atoms with Crippen molar-refractivity contribution in [2.45, 2.75) is 44.4 Å². The van der Waals surface area contributed by atoms with Crippen LogP contribution in [0.15, 0.2) is 60.7 Å². The molecule has 2 aromatic rings. The van der Waals surface area contributed by atoms with Crippen LogP contribution in [0.3, 0.4) is 0 Å². The number of aliphatic hydroxyl groups excluding tert-OH is 1. The Kier molecular flexibility index (Phi) is 5.33. The minimum atomic E-state index is -0.755. The van der Waals surface area contributed by atoms with Crippen molar-refractivity contribution in [2.24, 2.45) is 5.92 Å². The maximum atomic E-state index is 10.6. The maximum Gasteiger partial charge on any atom is 0.184 e. The summed E-state index contributed by atoms with van der Waals surface area (Å²) in [7, 11) is 0. The monoisotopic (exact) mass is 356 g/mol. The van der Waals surface area contributed by atoms with Crippen molar-refractivity contribution in [2.75, 3.05) is 6.61 Å². The SMILES string of the molecule is C[C@@H]1[C@H](O)[C@@H](OCc2ccccc2)O[C@@H]2COC(c3ccccc3)O[C@@H]12. The molecule has 0 bridgehead atoms. The van der Waals surface area contributed by atoms with E-state index in [2.05, 4.69) is 0 Å². The lowest BCUT2D eigenvalue weighted by Gasteiger charge is -2.47. The molecule has 2 fully saturated rings. The van der Waals surface area contributed by atoms with E-state index in [4.69, 9.17) is 18.9 Å². The molecule has 2 saturated heterocycles. The number of fused-ring (bicyclic) bond motifs is 1. The Balaban J connectivity index is 1.40. The van der Waals surface area contributed by atoms with E-state index in [0.29, 0.717) is 13.2 Å². The molecule has 2 aliphatic rings. The molecule has 0 saturated carbocycles. The van der Waals surface area contributed by atoms with Gasteiger partial charge in [-0.05, 0) is 5.56 Å². The molecule has 0 aliphatic carbocycles. The van der Waals surface area contributed by atoms with Gasteiger partial charge >= 0.3 is 0 Å². The molecular formula is C21H24O5. The van der Waals surface area contributed by atoms with Gasteiger partial charge in [0, 0.05) is 11.5 Å². The number of hydrogen-bond acceptors (Lipinski definition) is 5. The molecule has 6 atom stereocenters. The molecule has 4 rings (SSSR count). The van der Waals surface area contributed by atoms with E-state index in [-0.39, 0.29) is 18.1 Å². The van der Waals surface area contributed by atoms with Crippen molar-refractivity contribution in [1.29, 1.82) is 0 Å². The normalized spacial score (nSPS) is 34.2. The summed E-state index contributed by atoms with van der Waals surface area (Å²) in [5.41, 5.74) is 2.01. The molecule has 0 spiro atoms. The molecule has 5 nitrogen and oxygen atoms in total. The van der Waals surface area contributed by atoms with Crippen molar-refractivity contribution < 1.29 is 24.1 Å². The van der Waals surface area contributed by atoms with Crippen LogP contribution in [0.4, 0.5) is 0 Å². The summed E-state index contributed by atoms with van der Waals surface area (Å²) in [4.78, 5) is 0. The van der Waals surface area contributed by atoms with Crippen LogP contribution in [-0.2, 0) is 25.6 Å². The molecule has 1 N–H and O–H groups in total. The zero-order chi connectivity index (χ0) is 17.9. The summed E-state index contributed by atoms with van der Waals surface area (Å²) >= 11 is 0. The topological polar surface area (TPSA) is 57.2 Å². The van der Waals surface area contributed by atoms with Gasteiger partial charge in [0.1, 0.15) is 12.2 Å². The van der Waals surface area contributed by atoms with E-state index in [0.717, 1.165) is 11.1 Å². The third-order valence-corrected chi connectivity index (χ3v) is 5.03. The summed E-state index contributed by atoms with van der Waals surface area (Å²) in [5.74, 6) is -0.121. The van der Waals surface area contributed by atoms with Gasteiger partial charge in [-0.3, -0.25) is 0 Å². The predicted octanol–water partition coefficient (Wildman–Crippen LogP) is 3.04. The molecule has 0 amide bonds. The molecule has 5 heteroatoms. The van der Waals surface area contributed by atoms with Gasteiger partial charge in [-0.1, -0.05) is 67.6 Å². The first-order chi connectivity index (χ1) is 12.7. The third kappa shape index (κ3) is 3.68. The Hall–Kier alpha value is -1.76. The second kappa shape index (κ2) is 7.86. The minimum absolute atomic E-state index is 0.121. The van der Waals surface area contributed by atoms with Gasteiger partial charge in [0.15, 0.2) is 12.6 Å². The summed E-state index contributed by atoms with van der Waals surface area (Å²) < 4.78 is 23.7. The Bertz CT molecular complexity index is 690. The average molecular weight is 356 g/mol. The van der Waals surface area contributed by atoms with Crippen LogP contribution >= 0.6 is 0 Å². The van der Waals surface area contributed by atoms with Crippen LogP contribution in [0.2, 0.25) is 0 Å². The van der Waals surface area contributed by atoms with Crippen molar-refractivity contribution in [3.63, 3.8) is 0 Å². The number of ether oxygens (including phenoxy) is 4. The highest BCUT2D eigenvalue weighted by atomic mass is 16.7. The fourth-order valence-corrected chi connectivity index (χ4v) is 3.50. The van der Waals surface area contributed by atoms with Crippen LogP contribution in [0.25, 0.3) is 0 Å². The van der Waals surface area contributed by atoms with Crippen LogP contribution in [0.5, 0.6) is 0 Å².